The molecule has 0 aliphatic carbocycles. The van der Waals surface area contributed by atoms with Crippen LogP contribution in [0.15, 0.2) is 60.7 Å². The van der Waals surface area contributed by atoms with E-state index in [1.54, 1.807) is 55.5 Å². The monoisotopic (exact) mass is 629 g/mol. The Morgan fingerprint density at radius 1 is 1.09 bits per heavy atom. The summed E-state index contributed by atoms with van der Waals surface area (Å²) in [6.45, 7) is 4.19. The van der Waals surface area contributed by atoms with Gasteiger partial charge >= 0.3 is 5.97 Å². The molecule has 0 saturated carbocycles. The van der Waals surface area contributed by atoms with Gasteiger partial charge in [0.05, 0.1) is 28.7 Å². The molecular formula is C33H34Cl2FNO6. The summed E-state index contributed by atoms with van der Waals surface area (Å²) < 4.78 is 29.0. The Balaban J connectivity index is 1.82. The summed E-state index contributed by atoms with van der Waals surface area (Å²) in [4.78, 5) is 28.3. The van der Waals surface area contributed by atoms with E-state index in [0.717, 1.165) is 0 Å². The average Bonchev–Trinajstić information content (AvgIpc) is 3.27. The SMILES string of the molecule is CC[C@@](O)(c1ccc2c(c1F)[C@](OC)(c1ccc(Cl)cc1)N([C@H](c1ccc(Cl)cc1)[C@H](C)C(=O)O)C2=O)C1CCOCC1. The molecule has 228 valence electrons. The van der Waals surface area contributed by atoms with E-state index < -0.39 is 41.0 Å². The van der Waals surface area contributed by atoms with Crippen molar-refractivity contribution in [1.82, 2.24) is 4.90 Å². The van der Waals surface area contributed by atoms with Gasteiger partial charge in [-0.3, -0.25) is 14.5 Å². The molecule has 7 nitrogen and oxygen atoms in total. The maximum absolute atomic E-state index is 17.3. The summed E-state index contributed by atoms with van der Waals surface area (Å²) >= 11 is 12.4. The number of hydrogen-bond acceptors (Lipinski definition) is 5. The Morgan fingerprint density at radius 3 is 2.21 bits per heavy atom. The number of carboxylic acid groups (broad SMARTS) is 1. The zero-order valence-corrected chi connectivity index (χ0v) is 25.7. The van der Waals surface area contributed by atoms with Gasteiger partial charge < -0.3 is 19.7 Å². The largest absolute Gasteiger partial charge is 0.481 e. The highest BCUT2D eigenvalue weighted by Crippen LogP contribution is 2.53. The fraction of sp³-hybridized carbons (Fsp3) is 0.394. The molecule has 0 bridgehead atoms. The first kappa shape index (κ1) is 31.4. The number of aliphatic carboxylic acids is 1. The molecule has 0 radical (unpaired) electrons. The molecular weight excluding hydrogens is 596 g/mol. The van der Waals surface area contributed by atoms with Gasteiger partial charge in [-0.15, -0.1) is 0 Å². The van der Waals surface area contributed by atoms with Crippen molar-refractivity contribution in [2.24, 2.45) is 11.8 Å². The number of methoxy groups -OCH3 is 1. The minimum Gasteiger partial charge on any atom is -0.481 e. The zero-order chi connectivity index (χ0) is 31.1. The maximum Gasteiger partial charge on any atom is 0.308 e. The molecule has 1 saturated heterocycles. The third kappa shape index (κ3) is 5.13. The number of halogens is 3. The zero-order valence-electron chi connectivity index (χ0n) is 24.1. The van der Waals surface area contributed by atoms with Crippen molar-refractivity contribution in [1.29, 1.82) is 0 Å². The molecule has 5 rings (SSSR count). The molecule has 10 heteroatoms. The number of aliphatic hydroxyl groups is 1. The van der Waals surface area contributed by atoms with Crippen LogP contribution in [0.5, 0.6) is 0 Å². The standard InChI is InChI=1S/C33H34Cl2FNO6/c1-4-32(41,21-15-17-43-18-16-21)26-14-13-25-27(28(26)36)33(42-3,22-7-11-24(35)12-8-22)37(30(25)38)29(19(2)31(39)40)20-5-9-23(34)10-6-20/h5-14,19,21,29,41H,4,15-18H2,1-3H3,(H,39,40)/t19-,29-,32-,33+/m0/s1. The fourth-order valence-electron chi connectivity index (χ4n) is 6.74. The number of rotatable bonds is 9. The van der Waals surface area contributed by atoms with E-state index >= 15 is 4.39 Å². The van der Waals surface area contributed by atoms with Crippen LogP contribution in [-0.2, 0) is 25.6 Å². The maximum atomic E-state index is 17.3. The quantitative estimate of drug-likeness (QED) is 0.267. The van der Waals surface area contributed by atoms with Crippen LogP contribution in [0.4, 0.5) is 4.39 Å². The number of amides is 1. The van der Waals surface area contributed by atoms with Crippen LogP contribution in [0.3, 0.4) is 0 Å². The second-order valence-electron chi connectivity index (χ2n) is 11.2. The average molecular weight is 631 g/mol. The molecule has 3 aromatic rings. The highest BCUT2D eigenvalue weighted by atomic mass is 35.5. The second kappa shape index (κ2) is 12.2. The second-order valence-corrected chi connectivity index (χ2v) is 12.0. The van der Waals surface area contributed by atoms with Crippen LogP contribution in [0.2, 0.25) is 10.0 Å². The molecule has 3 aromatic carbocycles. The number of benzene rings is 3. The molecule has 1 amide bonds. The Bertz CT molecular complexity index is 1510. The van der Waals surface area contributed by atoms with Gasteiger partial charge in [-0.25, -0.2) is 4.39 Å². The molecule has 2 aliphatic heterocycles. The first-order valence-corrected chi connectivity index (χ1v) is 15.0. The Labute approximate surface area is 260 Å². The molecule has 0 aromatic heterocycles. The normalized spacial score (nSPS) is 21.7. The summed E-state index contributed by atoms with van der Waals surface area (Å²) in [7, 11) is 1.35. The van der Waals surface area contributed by atoms with Gasteiger partial charge in [-0.05, 0) is 68.0 Å². The van der Waals surface area contributed by atoms with E-state index in [1.165, 1.54) is 31.1 Å². The molecule has 4 atom stereocenters. The van der Waals surface area contributed by atoms with Crippen LogP contribution in [0.1, 0.15) is 71.8 Å². The van der Waals surface area contributed by atoms with Crippen LogP contribution in [-0.4, -0.2) is 47.3 Å². The van der Waals surface area contributed by atoms with Gasteiger partial charge in [-0.1, -0.05) is 60.5 Å². The Morgan fingerprint density at radius 2 is 1.67 bits per heavy atom. The smallest absolute Gasteiger partial charge is 0.308 e. The van der Waals surface area contributed by atoms with E-state index in [9.17, 15) is 19.8 Å². The summed E-state index contributed by atoms with van der Waals surface area (Å²) in [5.41, 5.74) is -2.62. The van der Waals surface area contributed by atoms with Crippen molar-refractivity contribution in [3.8, 4) is 0 Å². The van der Waals surface area contributed by atoms with Gasteiger partial charge in [0.25, 0.3) is 5.91 Å². The lowest BCUT2D eigenvalue weighted by Crippen LogP contribution is -2.51. The number of carboxylic acids is 1. The molecule has 43 heavy (non-hydrogen) atoms. The van der Waals surface area contributed by atoms with Crippen LogP contribution in [0, 0.1) is 17.7 Å². The van der Waals surface area contributed by atoms with E-state index in [1.807, 2.05) is 0 Å². The van der Waals surface area contributed by atoms with E-state index in [4.69, 9.17) is 32.7 Å². The number of carbonyl (C=O) groups is 2. The third-order valence-corrected chi connectivity index (χ3v) is 9.56. The first-order chi connectivity index (χ1) is 20.5. The van der Waals surface area contributed by atoms with Gasteiger partial charge in [0.1, 0.15) is 5.82 Å². The molecule has 0 spiro atoms. The van der Waals surface area contributed by atoms with Gasteiger partial charge in [-0.2, -0.15) is 0 Å². The van der Waals surface area contributed by atoms with Gasteiger partial charge in [0, 0.05) is 41.5 Å². The molecule has 1 fully saturated rings. The Hall–Kier alpha value is -3.01. The predicted molar refractivity (Wildman–Crippen MR) is 161 cm³/mol. The van der Waals surface area contributed by atoms with Crippen molar-refractivity contribution >= 4 is 35.1 Å². The number of ether oxygens (including phenoxy) is 2. The summed E-state index contributed by atoms with van der Waals surface area (Å²) in [5, 5.41) is 23.1. The van der Waals surface area contributed by atoms with Crippen molar-refractivity contribution in [2.75, 3.05) is 20.3 Å². The highest BCUT2D eigenvalue weighted by molar-refractivity contribution is 6.30. The molecule has 0 unspecified atom stereocenters. The number of fused-ring (bicyclic) bond motifs is 1. The third-order valence-electron chi connectivity index (χ3n) is 9.06. The van der Waals surface area contributed by atoms with E-state index in [0.29, 0.717) is 47.2 Å². The van der Waals surface area contributed by atoms with Crippen molar-refractivity contribution in [3.63, 3.8) is 0 Å². The summed E-state index contributed by atoms with van der Waals surface area (Å²) in [6.07, 6.45) is 1.33. The topological polar surface area (TPSA) is 96.3 Å². The number of hydrogen-bond donors (Lipinski definition) is 2. The molecule has 2 heterocycles. The highest BCUT2D eigenvalue weighted by Gasteiger charge is 2.58. The minimum absolute atomic E-state index is 0.0139. The van der Waals surface area contributed by atoms with Crippen LogP contribution < -0.4 is 0 Å². The van der Waals surface area contributed by atoms with Crippen molar-refractivity contribution < 1.29 is 33.7 Å². The lowest BCUT2D eigenvalue weighted by Gasteiger charge is -2.44. The number of nitrogens with zero attached hydrogens (tertiary/aromatic N) is 1. The molecule has 2 aliphatic rings. The minimum atomic E-state index is -1.91. The Kier molecular flexibility index (Phi) is 8.89. The van der Waals surface area contributed by atoms with Gasteiger partial charge in [0.15, 0.2) is 5.72 Å². The van der Waals surface area contributed by atoms with Crippen molar-refractivity contribution in [2.45, 2.75) is 50.5 Å². The lowest BCUT2D eigenvalue weighted by molar-refractivity contribution is -0.149. The lowest BCUT2D eigenvalue weighted by atomic mass is 9.74. The van der Waals surface area contributed by atoms with E-state index in [2.05, 4.69) is 0 Å². The first-order valence-electron chi connectivity index (χ1n) is 14.3. The summed E-state index contributed by atoms with van der Waals surface area (Å²) in [6, 6.07) is 14.8. The van der Waals surface area contributed by atoms with Gasteiger partial charge in [0.2, 0.25) is 0 Å². The molecule has 2 N–H and O–H groups in total. The van der Waals surface area contributed by atoms with Crippen LogP contribution in [0.25, 0.3) is 0 Å². The number of carbonyl (C=O) groups excluding carboxylic acids is 1. The summed E-state index contributed by atoms with van der Waals surface area (Å²) in [5.74, 6) is -3.96. The van der Waals surface area contributed by atoms with Crippen molar-refractivity contribution in [3.05, 3.63) is 104 Å². The predicted octanol–water partition coefficient (Wildman–Crippen LogP) is 6.92. The van der Waals surface area contributed by atoms with E-state index in [-0.39, 0.29) is 29.0 Å². The fourth-order valence-corrected chi connectivity index (χ4v) is 7.00. The van der Waals surface area contributed by atoms with Crippen LogP contribution >= 0.6 is 23.2 Å².